The van der Waals surface area contributed by atoms with Crippen molar-refractivity contribution in [3.63, 3.8) is 0 Å². The first kappa shape index (κ1) is 18.1. The van der Waals surface area contributed by atoms with Crippen LogP contribution in [0.5, 0.6) is 0 Å². The quantitative estimate of drug-likeness (QED) is 0.556. The second-order valence-electron chi connectivity index (χ2n) is 5.50. The topological polar surface area (TPSA) is 46.3 Å². The average Bonchev–Trinajstić information content (AvgIpc) is 3.15. The van der Waals surface area contributed by atoms with E-state index < -0.39 is 5.76 Å². The number of halogens is 2. The third-order valence-electron chi connectivity index (χ3n) is 3.64. The number of benzene rings is 1. The number of carbonyl (C=O) groups is 1. The van der Waals surface area contributed by atoms with E-state index in [1.54, 1.807) is 53.9 Å². The minimum absolute atomic E-state index is 0.209. The molecule has 0 aliphatic carbocycles. The summed E-state index contributed by atoms with van der Waals surface area (Å²) in [6.07, 6.45) is 4.92. The number of nitrogens with zero attached hydrogens (tertiary/aromatic N) is 2. The average molecular weight is 374 g/mol. The van der Waals surface area contributed by atoms with Gasteiger partial charge in [-0.3, -0.25) is 9.78 Å². The summed E-state index contributed by atoms with van der Waals surface area (Å²) < 4.78 is 30.2. The maximum Gasteiger partial charge on any atom is 0.288 e. The molecule has 0 saturated heterocycles. The standard InChI is InChI=1S/C19H16F2N2O2S/c20-19(21)26-17-7-5-15(6-8-17)18(24)23(13-16-4-2-10-25-16)12-14-3-1-9-22-11-14/h1-11,19H,12-13H2. The van der Waals surface area contributed by atoms with Gasteiger partial charge in [-0.15, -0.1) is 0 Å². The van der Waals surface area contributed by atoms with Crippen molar-refractivity contribution in [1.82, 2.24) is 9.88 Å². The molecule has 0 spiro atoms. The van der Waals surface area contributed by atoms with Crippen LogP contribution in [-0.4, -0.2) is 21.5 Å². The Morgan fingerprint density at radius 1 is 1.12 bits per heavy atom. The lowest BCUT2D eigenvalue weighted by Gasteiger charge is -2.22. The molecular formula is C19H16F2N2O2S. The van der Waals surface area contributed by atoms with Crippen molar-refractivity contribution in [1.29, 1.82) is 0 Å². The van der Waals surface area contributed by atoms with Crippen molar-refractivity contribution in [3.8, 4) is 0 Å². The number of aromatic nitrogens is 1. The number of hydrogen-bond acceptors (Lipinski definition) is 4. The number of hydrogen-bond donors (Lipinski definition) is 0. The van der Waals surface area contributed by atoms with Crippen LogP contribution in [0.25, 0.3) is 0 Å². The molecule has 0 aliphatic rings. The van der Waals surface area contributed by atoms with Crippen molar-refractivity contribution >= 4 is 17.7 Å². The molecule has 0 unspecified atom stereocenters. The van der Waals surface area contributed by atoms with Crippen LogP contribution >= 0.6 is 11.8 Å². The third kappa shape index (κ3) is 4.92. The first-order chi connectivity index (χ1) is 12.6. The van der Waals surface area contributed by atoms with Crippen LogP contribution in [-0.2, 0) is 13.1 Å². The van der Waals surface area contributed by atoms with Crippen LogP contribution in [0.15, 0.2) is 76.5 Å². The van der Waals surface area contributed by atoms with Gasteiger partial charge >= 0.3 is 0 Å². The van der Waals surface area contributed by atoms with E-state index in [0.717, 1.165) is 5.56 Å². The van der Waals surface area contributed by atoms with Gasteiger partial charge in [-0.2, -0.15) is 8.78 Å². The molecule has 134 valence electrons. The first-order valence-electron chi connectivity index (χ1n) is 7.87. The van der Waals surface area contributed by atoms with E-state index in [4.69, 9.17) is 4.42 Å². The molecule has 1 aromatic carbocycles. The molecule has 0 atom stereocenters. The van der Waals surface area contributed by atoms with Gasteiger partial charge < -0.3 is 9.32 Å². The zero-order valence-electron chi connectivity index (χ0n) is 13.7. The first-order valence-corrected chi connectivity index (χ1v) is 8.75. The Bertz CT molecular complexity index is 825. The lowest BCUT2D eigenvalue weighted by atomic mass is 10.1. The molecule has 3 aromatic rings. The molecule has 2 heterocycles. The van der Waals surface area contributed by atoms with Crippen LogP contribution in [0.2, 0.25) is 0 Å². The van der Waals surface area contributed by atoms with Crippen molar-refractivity contribution in [2.45, 2.75) is 23.7 Å². The Morgan fingerprint density at radius 2 is 1.92 bits per heavy atom. The molecule has 0 bridgehead atoms. The number of furan rings is 1. The third-order valence-corrected chi connectivity index (χ3v) is 4.36. The maximum atomic E-state index is 12.9. The van der Waals surface area contributed by atoms with E-state index >= 15 is 0 Å². The van der Waals surface area contributed by atoms with E-state index in [9.17, 15) is 13.6 Å². The van der Waals surface area contributed by atoms with Gasteiger partial charge in [0.2, 0.25) is 0 Å². The van der Waals surface area contributed by atoms with E-state index in [-0.39, 0.29) is 5.91 Å². The van der Waals surface area contributed by atoms with Crippen molar-refractivity contribution in [2.24, 2.45) is 0 Å². The zero-order chi connectivity index (χ0) is 18.4. The zero-order valence-corrected chi connectivity index (χ0v) is 14.5. The highest BCUT2D eigenvalue weighted by Crippen LogP contribution is 2.25. The molecule has 0 fully saturated rings. The van der Waals surface area contributed by atoms with Gasteiger partial charge in [0, 0.05) is 29.4 Å². The predicted molar refractivity (Wildman–Crippen MR) is 94.8 cm³/mol. The van der Waals surface area contributed by atoms with Gasteiger partial charge in [-0.05, 0) is 48.0 Å². The molecule has 1 amide bonds. The molecule has 7 heteroatoms. The van der Waals surface area contributed by atoms with E-state index in [1.165, 1.54) is 12.1 Å². The van der Waals surface area contributed by atoms with Gasteiger partial charge in [0.05, 0.1) is 12.8 Å². The highest BCUT2D eigenvalue weighted by molar-refractivity contribution is 7.99. The van der Waals surface area contributed by atoms with Gasteiger partial charge in [0.15, 0.2) is 0 Å². The molecular weight excluding hydrogens is 358 g/mol. The normalized spacial score (nSPS) is 10.9. The highest BCUT2D eigenvalue weighted by Gasteiger charge is 2.18. The van der Waals surface area contributed by atoms with Crippen LogP contribution in [0.4, 0.5) is 8.78 Å². The molecule has 26 heavy (non-hydrogen) atoms. The van der Waals surface area contributed by atoms with Gasteiger partial charge in [0.1, 0.15) is 5.76 Å². The van der Waals surface area contributed by atoms with Gasteiger partial charge in [-0.1, -0.05) is 17.8 Å². The van der Waals surface area contributed by atoms with Crippen LogP contribution < -0.4 is 0 Å². The van der Waals surface area contributed by atoms with Crippen molar-refractivity contribution < 1.29 is 18.0 Å². The summed E-state index contributed by atoms with van der Waals surface area (Å²) in [5, 5.41) is 0. The van der Waals surface area contributed by atoms with E-state index in [2.05, 4.69) is 4.98 Å². The lowest BCUT2D eigenvalue weighted by Crippen LogP contribution is -2.30. The largest absolute Gasteiger partial charge is 0.467 e. The summed E-state index contributed by atoms with van der Waals surface area (Å²) in [7, 11) is 0. The SMILES string of the molecule is O=C(c1ccc(SC(F)F)cc1)N(Cc1cccnc1)Cc1ccco1. The van der Waals surface area contributed by atoms with Crippen LogP contribution in [0.1, 0.15) is 21.7 Å². The Morgan fingerprint density at radius 3 is 2.54 bits per heavy atom. The van der Waals surface area contributed by atoms with Gasteiger partial charge in [0.25, 0.3) is 11.7 Å². The minimum Gasteiger partial charge on any atom is -0.467 e. The fraction of sp³-hybridized carbons (Fsp3) is 0.158. The molecule has 0 N–H and O–H groups in total. The summed E-state index contributed by atoms with van der Waals surface area (Å²) >= 11 is 0.452. The molecule has 0 radical (unpaired) electrons. The Hall–Kier alpha value is -2.67. The van der Waals surface area contributed by atoms with Crippen LogP contribution in [0, 0.1) is 0 Å². The second kappa shape index (κ2) is 8.62. The van der Waals surface area contributed by atoms with Crippen molar-refractivity contribution in [2.75, 3.05) is 0 Å². The molecule has 0 saturated carbocycles. The number of rotatable bonds is 7. The second-order valence-corrected chi connectivity index (χ2v) is 6.57. The summed E-state index contributed by atoms with van der Waals surface area (Å²) in [6.45, 7) is 0.662. The lowest BCUT2D eigenvalue weighted by molar-refractivity contribution is 0.0717. The minimum atomic E-state index is -2.49. The van der Waals surface area contributed by atoms with Crippen LogP contribution in [0.3, 0.4) is 0 Å². The summed E-state index contributed by atoms with van der Waals surface area (Å²) in [4.78, 5) is 19.0. The summed E-state index contributed by atoms with van der Waals surface area (Å²) in [5.41, 5.74) is 1.32. The molecule has 0 aliphatic heterocycles. The highest BCUT2D eigenvalue weighted by atomic mass is 32.2. The monoisotopic (exact) mass is 374 g/mol. The maximum absolute atomic E-state index is 12.9. The summed E-state index contributed by atoms with van der Waals surface area (Å²) in [6, 6.07) is 13.4. The number of alkyl halides is 2. The molecule has 4 nitrogen and oxygen atoms in total. The molecule has 2 aromatic heterocycles. The van der Waals surface area contributed by atoms with Crippen molar-refractivity contribution in [3.05, 3.63) is 84.1 Å². The van der Waals surface area contributed by atoms with E-state index in [1.807, 2.05) is 6.07 Å². The summed E-state index contributed by atoms with van der Waals surface area (Å²) in [5.74, 6) is -2.04. The fourth-order valence-electron chi connectivity index (χ4n) is 2.46. The number of pyridine rings is 1. The Labute approximate surface area is 153 Å². The number of amides is 1. The predicted octanol–water partition coefficient (Wildman–Crippen LogP) is 4.83. The van der Waals surface area contributed by atoms with Gasteiger partial charge in [-0.25, -0.2) is 0 Å². The van der Waals surface area contributed by atoms with E-state index in [0.29, 0.717) is 41.1 Å². The Balaban J connectivity index is 1.79. The fourth-order valence-corrected chi connectivity index (χ4v) is 2.96. The number of thioether (sulfide) groups is 1. The Kier molecular flexibility index (Phi) is 6.01. The smallest absolute Gasteiger partial charge is 0.288 e. The molecule has 3 rings (SSSR count). The number of carbonyl (C=O) groups excluding carboxylic acids is 1.